The fourth-order valence-corrected chi connectivity index (χ4v) is 4.14. The number of carbonyl (C=O) groups is 3. The maximum Gasteiger partial charge on any atom is 0.410 e. The van der Waals surface area contributed by atoms with Gasteiger partial charge in [-0.1, -0.05) is 13.8 Å². The molecule has 1 saturated carbocycles. The van der Waals surface area contributed by atoms with E-state index in [9.17, 15) is 14.4 Å². The molecule has 1 saturated heterocycles. The molecule has 28 heavy (non-hydrogen) atoms. The molecule has 1 atom stereocenters. The van der Waals surface area contributed by atoms with Gasteiger partial charge in [0.15, 0.2) is 0 Å². The quantitative estimate of drug-likeness (QED) is 0.533. The van der Waals surface area contributed by atoms with Crippen LogP contribution in [-0.4, -0.2) is 58.9 Å². The van der Waals surface area contributed by atoms with Gasteiger partial charge in [-0.2, -0.15) is 0 Å². The summed E-state index contributed by atoms with van der Waals surface area (Å²) in [5.74, 6) is -0.122. The van der Waals surface area contributed by atoms with Crippen molar-refractivity contribution in [1.29, 1.82) is 0 Å². The zero-order valence-corrected chi connectivity index (χ0v) is 18.7. The van der Waals surface area contributed by atoms with Crippen LogP contribution in [0, 0.1) is 10.8 Å². The van der Waals surface area contributed by atoms with E-state index in [-0.39, 0.29) is 24.1 Å². The second-order valence-corrected chi connectivity index (χ2v) is 10.8. The minimum Gasteiger partial charge on any atom is -0.444 e. The lowest BCUT2D eigenvalue weighted by molar-refractivity contribution is -0.149. The largest absolute Gasteiger partial charge is 0.444 e. The van der Waals surface area contributed by atoms with Crippen molar-refractivity contribution in [3.05, 3.63) is 0 Å². The van der Waals surface area contributed by atoms with Crippen LogP contribution in [0.15, 0.2) is 0 Å². The Kier molecular flexibility index (Phi) is 6.51. The van der Waals surface area contributed by atoms with Gasteiger partial charge in [0.2, 0.25) is 5.91 Å². The van der Waals surface area contributed by atoms with E-state index < -0.39 is 11.0 Å². The van der Waals surface area contributed by atoms with Crippen LogP contribution in [0.5, 0.6) is 0 Å². The monoisotopic (exact) mass is 394 g/mol. The van der Waals surface area contributed by atoms with Crippen LogP contribution >= 0.6 is 0 Å². The molecular weight excluding hydrogens is 356 g/mol. The van der Waals surface area contributed by atoms with Crippen molar-refractivity contribution >= 4 is 18.3 Å². The standard InChI is InChI=1S/C22H38N2O4/c1-20(2,3)28-19(27)23-13-10-17(14-23)24(18(26)22(6,7)15-25)16-8-11-21(4,5)12-9-16/h15-17H,8-14H2,1-7H3. The lowest BCUT2D eigenvalue weighted by atomic mass is 9.74. The maximum atomic E-state index is 13.3. The van der Waals surface area contributed by atoms with Gasteiger partial charge in [0.1, 0.15) is 11.9 Å². The molecule has 0 radical (unpaired) electrons. The molecular formula is C22H38N2O4. The Morgan fingerprint density at radius 3 is 2.11 bits per heavy atom. The molecule has 0 aromatic rings. The Bertz CT molecular complexity index is 596. The van der Waals surface area contributed by atoms with Gasteiger partial charge in [0, 0.05) is 19.1 Å². The molecule has 0 spiro atoms. The third-order valence-corrected chi connectivity index (χ3v) is 5.99. The first kappa shape index (κ1) is 22.7. The predicted molar refractivity (Wildman–Crippen MR) is 109 cm³/mol. The minimum absolute atomic E-state index is 0.0644. The van der Waals surface area contributed by atoms with Gasteiger partial charge in [-0.3, -0.25) is 4.79 Å². The lowest BCUT2D eigenvalue weighted by Gasteiger charge is -2.44. The molecule has 1 unspecified atom stereocenters. The summed E-state index contributed by atoms with van der Waals surface area (Å²) in [5, 5.41) is 0. The first-order valence-corrected chi connectivity index (χ1v) is 10.5. The number of rotatable bonds is 4. The SMILES string of the molecule is CC1(C)CCC(N(C(=O)C(C)(C)C=O)C2CCN(C(=O)OC(C)(C)C)C2)CC1. The van der Waals surface area contributed by atoms with Crippen LogP contribution in [0.3, 0.4) is 0 Å². The van der Waals surface area contributed by atoms with Gasteiger partial charge in [-0.05, 0) is 72.1 Å². The number of hydrogen-bond acceptors (Lipinski definition) is 4. The molecule has 0 N–H and O–H groups in total. The molecule has 2 fully saturated rings. The average molecular weight is 395 g/mol. The maximum absolute atomic E-state index is 13.3. The van der Waals surface area contributed by atoms with Crippen LogP contribution < -0.4 is 0 Å². The van der Waals surface area contributed by atoms with E-state index in [0.717, 1.165) is 38.4 Å². The molecule has 2 aliphatic rings. The average Bonchev–Trinajstić information content (AvgIpc) is 3.04. The van der Waals surface area contributed by atoms with E-state index in [0.29, 0.717) is 18.5 Å². The third-order valence-electron chi connectivity index (χ3n) is 5.99. The summed E-state index contributed by atoms with van der Waals surface area (Å²) in [7, 11) is 0. The van der Waals surface area contributed by atoms with E-state index in [1.807, 2.05) is 25.7 Å². The van der Waals surface area contributed by atoms with Gasteiger partial charge in [-0.15, -0.1) is 0 Å². The second kappa shape index (κ2) is 8.03. The Morgan fingerprint density at radius 2 is 1.61 bits per heavy atom. The number of hydrogen-bond donors (Lipinski definition) is 0. The number of aldehydes is 1. The number of carbonyl (C=O) groups excluding carboxylic acids is 3. The molecule has 1 heterocycles. The Balaban J connectivity index is 2.17. The molecule has 6 nitrogen and oxygen atoms in total. The van der Waals surface area contributed by atoms with E-state index in [4.69, 9.17) is 4.74 Å². The van der Waals surface area contributed by atoms with Crippen LogP contribution in [-0.2, 0) is 14.3 Å². The molecule has 160 valence electrons. The molecule has 0 aromatic heterocycles. The molecule has 2 amide bonds. The van der Waals surface area contributed by atoms with Crippen molar-refractivity contribution < 1.29 is 19.1 Å². The first-order valence-electron chi connectivity index (χ1n) is 10.5. The molecule has 1 aliphatic heterocycles. The van der Waals surface area contributed by atoms with Gasteiger partial charge in [0.25, 0.3) is 0 Å². The normalized spacial score (nSPS) is 23.4. The van der Waals surface area contributed by atoms with E-state index in [2.05, 4.69) is 13.8 Å². The zero-order chi connectivity index (χ0) is 21.3. The smallest absolute Gasteiger partial charge is 0.410 e. The molecule has 0 aromatic carbocycles. The van der Waals surface area contributed by atoms with Crippen molar-refractivity contribution in [3.8, 4) is 0 Å². The van der Waals surface area contributed by atoms with Gasteiger partial charge in [0.05, 0.1) is 11.5 Å². The van der Waals surface area contributed by atoms with E-state index >= 15 is 0 Å². The topological polar surface area (TPSA) is 66.9 Å². The summed E-state index contributed by atoms with van der Waals surface area (Å²) in [6.45, 7) is 14.5. The van der Waals surface area contributed by atoms with E-state index in [1.165, 1.54) is 0 Å². The third kappa shape index (κ3) is 5.48. The summed E-state index contributed by atoms with van der Waals surface area (Å²) in [6, 6.07) is 0.0637. The summed E-state index contributed by atoms with van der Waals surface area (Å²) in [6.07, 6.45) is 5.14. The molecule has 6 heteroatoms. The fraction of sp³-hybridized carbons (Fsp3) is 0.864. The second-order valence-electron chi connectivity index (χ2n) is 10.8. The number of nitrogens with zero attached hydrogens (tertiary/aromatic N) is 2. The summed E-state index contributed by atoms with van der Waals surface area (Å²) >= 11 is 0. The first-order chi connectivity index (χ1) is 12.8. The Labute approximate surface area is 170 Å². The summed E-state index contributed by atoms with van der Waals surface area (Å²) in [4.78, 5) is 41.0. The highest BCUT2D eigenvalue weighted by Crippen LogP contribution is 2.39. The van der Waals surface area contributed by atoms with Crippen molar-refractivity contribution in [2.45, 2.75) is 98.3 Å². The highest BCUT2D eigenvalue weighted by molar-refractivity contribution is 5.96. The van der Waals surface area contributed by atoms with Crippen LogP contribution in [0.4, 0.5) is 4.79 Å². The number of ether oxygens (including phenoxy) is 1. The molecule has 0 bridgehead atoms. The van der Waals surface area contributed by atoms with Crippen molar-refractivity contribution in [3.63, 3.8) is 0 Å². The summed E-state index contributed by atoms with van der Waals surface area (Å²) < 4.78 is 5.50. The minimum atomic E-state index is -1.05. The van der Waals surface area contributed by atoms with Gasteiger partial charge in [-0.25, -0.2) is 4.79 Å². The van der Waals surface area contributed by atoms with Crippen molar-refractivity contribution in [1.82, 2.24) is 9.80 Å². The van der Waals surface area contributed by atoms with E-state index in [1.54, 1.807) is 18.7 Å². The fourth-order valence-electron chi connectivity index (χ4n) is 4.14. The molecule has 1 aliphatic carbocycles. The zero-order valence-electron chi connectivity index (χ0n) is 18.7. The lowest BCUT2D eigenvalue weighted by Crippen LogP contribution is -2.54. The summed E-state index contributed by atoms with van der Waals surface area (Å²) in [5.41, 5.74) is -1.30. The Morgan fingerprint density at radius 1 is 1.04 bits per heavy atom. The highest BCUT2D eigenvalue weighted by atomic mass is 16.6. The highest BCUT2D eigenvalue weighted by Gasteiger charge is 2.44. The Hall–Kier alpha value is -1.59. The van der Waals surface area contributed by atoms with Crippen LogP contribution in [0.2, 0.25) is 0 Å². The predicted octanol–water partition coefficient (Wildman–Crippen LogP) is 4.02. The number of amides is 2. The van der Waals surface area contributed by atoms with Crippen LogP contribution in [0.25, 0.3) is 0 Å². The molecule has 2 rings (SSSR count). The van der Waals surface area contributed by atoms with Crippen LogP contribution in [0.1, 0.15) is 80.6 Å². The van der Waals surface area contributed by atoms with Gasteiger partial charge < -0.3 is 19.3 Å². The van der Waals surface area contributed by atoms with Crippen molar-refractivity contribution in [2.24, 2.45) is 10.8 Å². The van der Waals surface area contributed by atoms with Crippen molar-refractivity contribution in [2.75, 3.05) is 13.1 Å². The van der Waals surface area contributed by atoms with Gasteiger partial charge >= 0.3 is 6.09 Å². The number of likely N-dealkylation sites (tertiary alicyclic amines) is 1.